The zero-order chi connectivity index (χ0) is 16.1. The van der Waals surface area contributed by atoms with E-state index in [9.17, 15) is 9.59 Å². The lowest BCUT2D eigenvalue weighted by Crippen LogP contribution is -2.26. The van der Waals surface area contributed by atoms with Crippen molar-refractivity contribution >= 4 is 23.6 Å². The fraction of sp³-hybridized carbons (Fsp3) is 0.250. The molecule has 0 spiro atoms. The molecule has 0 aliphatic heterocycles. The second-order valence-electron chi connectivity index (χ2n) is 4.14. The van der Waals surface area contributed by atoms with Crippen molar-refractivity contribution in [2.24, 2.45) is 0 Å². The van der Waals surface area contributed by atoms with Crippen LogP contribution in [0.1, 0.15) is 0 Å². The van der Waals surface area contributed by atoms with Crippen LogP contribution in [0.5, 0.6) is 0 Å². The van der Waals surface area contributed by atoms with Gasteiger partial charge < -0.3 is 19.8 Å². The highest BCUT2D eigenvalue weighted by atomic mass is 16.5. The molecule has 10 heteroatoms. The van der Waals surface area contributed by atoms with Gasteiger partial charge in [-0.2, -0.15) is 9.97 Å². The maximum Gasteiger partial charge on any atom is 0.462 e. The Bertz CT molecular complexity index is 755. The number of aromatic nitrogens is 4. The van der Waals surface area contributed by atoms with Crippen LogP contribution in [0.25, 0.3) is 5.78 Å². The highest BCUT2D eigenvalue weighted by Crippen LogP contribution is 2.13. The summed E-state index contributed by atoms with van der Waals surface area (Å²) in [7, 11) is 0. The van der Waals surface area contributed by atoms with E-state index in [0.29, 0.717) is 13.1 Å². The molecule has 0 saturated carbocycles. The zero-order valence-electron chi connectivity index (χ0n) is 11.6. The Morgan fingerprint density at radius 1 is 1.32 bits per heavy atom. The number of rotatable bonds is 8. The first-order valence-electron chi connectivity index (χ1n) is 6.25. The molecule has 0 radical (unpaired) electrons. The summed E-state index contributed by atoms with van der Waals surface area (Å²) in [5.41, 5.74) is 0. The molecule has 2 N–H and O–H groups in total. The third-order valence-corrected chi connectivity index (χ3v) is 2.52. The Morgan fingerprint density at radius 3 is 2.59 bits per heavy atom. The molecule has 0 atom stereocenters. The fourth-order valence-corrected chi connectivity index (χ4v) is 1.69. The molecule has 0 aromatic carbocycles. The SMILES string of the molecule is C=CCN(CC=C)c1nc(NCC(=O)O)n2oc(=O)nc2n1. The smallest absolute Gasteiger partial charge is 0.462 e. The summed E-state index contributed by atoms with van der Waals surface area (Å²) in [4.78, 5) is 35.5. The van der Waals surface area contributed by atoms with Gasteiger partial charge in [-0.3, -0.25) is 4.79 Å². The third-order valence-electron chi connectivity index (χ3n) is 2.52. The number of carbonyl (C=O) groups is 1. The van der Waals surface area contributed by atoms with E-state index in [1.54, 1.807) is 17.1 Å². The lowest BCUT2D eigenvalue weighted by Gasteiger charge is -2.19. The minimum Gasteiger partial charge on any atom is -0.480 e. The number of hydrogen-bond acceptors (Lipinski definition) is 8. The van der Waals surface area contributed by atoms with Crippen LogP contribution in [0.15, 0.2) is 34.6 Å². The van der Waals surface area contributed by atoms with E-state index in [4.69, 9.17) is 9.63 Å². The predicted molar refractivity (Wildman–Crippen MR) is 78.1 cm³/mol. The van der Waals surface area contributed by atoms with Gasteiger partial charge in [0.25, 0.3) is 5.78 Å². The molecule has 2 heterocycles. The van der Waals surface area contributed by atoms with Crippen molar-refractivity contribution in [3.8, 4) is 0 Å². The van der Waals surface area contributed by atoms with Crippen molar-refractivity contribution in [2.75, 3.05) is 29.9 Å². The second-order valence-corrected chi connectivity index (χ2v) is 4.14. The number of carboxylic acid groups (broad SMARTS) is 1. The number of nitrogens with one attached hydrogen (secondary N) is 1. The van der Waals surface area contributed by atoms with Gasteiger partial charge in [-0.05, 0) is 0 Å². The summed E-state index contributed by atoms with van der Waals surface area (Å²) in [5, 5.41) is 11.3. The Balaban J connectivity index is 2.50. The topological polar surface area (TPSA) is 126 Å². The van der Waals surface area contributed by atoms with Gasteiger partial charge in [-0.1, -0.05) is 16.7 Å². The third kappa shape index (κ3) is 3.29. The normalized spacial score (nSPS) is 10.4. The van der Waals surface area contributed by atoms with E-state index < -0.39 is 18.3 Å². The molecule has 2 rings (SSSR count). The molecular weight excluding hydrogens is 292 g/mol. The number of nitrogens with zero attached hydrogens (tertiary/aromatic N) is 5. The van der Waals surface area contributed by atoms with Gasteiger partial charge in [0.1, 0.15) is 6.54 Å². The molecule has 0 fully saturated rings. The van der Waals surface area contributed by atoms with Crippen LogP contribution in [0.2, 0.25) is 0 Å². The summed E-state index contributed by atoms with van der Waals surface area (Å²) < 4.78 is 5.74. The number of anilines is 2. The van der Waals surface area contributed by atoms with E-state index in [1.807, 2.05) is 0 Å². The van der Waals surface area contributed by atoms with Crippen LogP contribution in [-0.4, -0.2) is 50.2 Å². The lowest BCUT2D eigenvalue weighted by molar-refractivity contribution is -0.134. The van der Waals surface area contributed by atoms with Crippen molar-refractivity contribution in [1.29, 1.82) is 0 Å². The van der Waals surface area contributed by atoms with Gasteiger partial charge in [0.05, 0.1) is 0 Å². The molecule has 0 amide bonds. The minimum absolute atomic E-state index is 0.00937. The lowest BCUT2D eigenvalue weighted by atomic mass is 10.4. The van der Waals surface area contributed by atoms with Gasteiger partial charge in [0.2, 0.25) is 11.9 Å². The molecule has 0 bridgehead atoms. The van der Waals surface area contributed by atoms with E-state index in [0.717, 1.165) is 4.57 Å². The monoisotopic (exact) mass is 306 g/mol. The summed E-state index contributed by atoms with van der Waals surface area (Å²) in [6, 6.07) is 0. The molecule has 0 saturated heterocycles. The first-order chi connectivity index (χ1) is 10.5. The fourth-order valence-electron chi connectivity index (χ4n) is 1.69. The van der Waals surface area contributed by atoms with Crippen LogP contribution in [-0.2, 0) is 4.79 Å². The highest BCUT2D eigenvalue weighted by molar-refractivity contribution is 5.72. The van der Waals surface area contributed by atoms with Gasteiger partial charge in [-0.15, -0.1) is 18.1 Å². The molecular formula is C12H14N6O4. The second kappa shape index (κ2) is 6.52. The molecule has 2 aromatic heterocycles. The summed E-state index contributed by atoms with van der Waals surface area (Å²) >= 11 is 0. The Labute approximate surface area is 124 Å². The first-order valence-corrected chi connectivity index (χ1v) is 6.25. The van der Waals surface area contributed by atoms with Crippen molar-refractivity contribution < 1.29 is 14.4 Å². The van der Waals surface area contributed by atoms with Gasteiger partial charge >= 0.3 is 11.7 Å². The van der Waals surface area contributed by atoms with Crippen LogP contribution in [0.3, 0.4) is 0 Å². The maximum absolute atomic E-state index is 11.3. The quantitative estimate of drug-likeness (QED) is 0.635. The van der Waals surface area contributed by atoms with Crippen molar-refractivity contribution in [2.45, 2.75) is 0 Å². The Hall–Kier alpha value is -3.17. The minimum atomic E-state index is -1.09. The molecule has 2 aromatic rings. The summed E-state index contributed by atoms with van der Waals surface area (Å²) in [6.45, 7) is 7.74. The van der Waals surface area contributed by atoms with Crippen molar-refractivity contribution in [3.63, 3.8) is 0 Å². The Kier molecular flexibility index (Phi) is 4.51. The van der Waals surface area contributed by atoms with E-state index in [-0.39, 0.29) is 17.7 Å². The molecule has 0 aliphatic carbocycles. The summed E-state index contributed by atoms with van der Waals surface area (Å²) in [6.07, 6.45) is 3.30. The van der Waals surface area contributed by atoms with Crippen LogP contribution in [0.4, 0.5) is 11.9 Å². The number of fused-ring (bicyclic) bond motifs is 1. The number of hydrogen-bond donors (Lipinski definition) is 2. The predicted octanol–water partition coefficient (Wildman–Crippen LogP) is -0.248. The molecule has 116 valence electrons. The average molecular weight is 306 g/mol. The highest BCUT2D eigenvalue weighted by Gasteiger charge is 2.16. The molecule has 0 aliphatic rings. The van der Waals surface area contributed by atoms with Gasteiger partial charge in [0, 0.05) is 13.1 Å². The van der Waals surface area contributed by atoms with Gasteiger partial charge in [0.15, 0.2) is 0 Å². The van der Waals surface area contributed by atoms with Crippen LogP contribution in [0, 0.1) is 0 Å². The molecule has 0 unspecified atom stereocenters. The van der Waals surface area contributed by atoms with Crippen molar-refractivity contribution in [3.05, 3.63) is 35.9 Å². The summed E-state index contributed by atoms with van der Waals surface area (Å²) in [5.74, 6) is -1.73. The maximum atomic E-state index is 11.3. The number of carboxylic acids is 1. The average Bonchev–Trinajstić information content (AvgIpc) is 2.84. The number of aliphatic carboxylic acids is 1. The van der Waals surface area contributed by atoms with Crippen LogP contribution < -0.4 is 16.0 Å². The molecule has 10 nitrogen and oxygen atoms in total. The first kappa shape index (κ1) is 15.2. The van der Waals surface area contributed by atoms with E-state index in [1.165, 1.54) is 0 Å². The van der Waals surface area contributed by atoms with E-state index in [2.05, 4.69) is 33.4 Å². The van der Waals surface area contributed by atoms with E-state index >= 15 is 0 Å². The molecule has 22 heavy (non-hydrogen) atoms. The Morgan fingerprint density at radius 2 is 2.00 bits per heavy atom. The standard InChI is InChI=1S/C12H14N6O4/c1-3-5-17(6-4-2)10-14-9(13-7-8(19)20)18-11(15-10)16-12(21)22-18/h3-4H,1-2,5-7H2,(H,19,20)(H,13,14,15,16,21). The van der Waals surface area contributed by atoms with Gasteiger partial charge in [-0.25, -0.2) is 4.79 Å². The van der Waals surface area contributed by atoms with Crippen molar-refractivity contribution in [1.82, 2.24) is 19.5 Å². The largest absolute Gasteiger partial charge is 0.480 e. The zero-order valence-corrected chi connectivity index (χ0v) is 11.6. The van der Waals surface area contributed by atoms with Crippen LogP contribution >= 0.6 is 0 Å².